The topological polar surface area (TPSA) is 67.9 Å². The van der Waals surface area contributed by atoms with Crippen LogP contribution in [0.15, 0.2) is 30.3 Å². The van der Waals surface area contributed by atoms with E-state index in [1.165, 1.54) is 12.0 Å². The van der Waals surface area contributed by atoms with E-state index in [0.29, 0.717) is 25.5 Å². The Balaban J connectivity index is 2.47. The number of esters is 1. The molecule has 0 fully saturated rings. The maximum atomic E-state index is 12.2. The van der Waals surface area contributed by atoms with E-state index in [4.69, 9.17) is 9.47 Å². The molecule has 0 aromatic heterocycles. The summed E-state index contributed by atoms with van der Waals surface area (Å²) in [4.78, 5) is 25.6. The second-order valence-electron chi connectivity index (χ2n) is 6.43. The molecular formula is C19H30N2O4. The number of nitrogens with zero attached hydrogens (tertiary/aromatic N) is 1. The van der Waals surface area contributed by atoms with Crippen molar-refractivity contribution in [2.75, 3.05) is 33.8 Å². The van der Waals surface area contributed by atoms with E-state index in [1.807, 2.05) is 30.3 Å². The van der Waals surface area contributed by atoms with Crippen molar-refractivity contribution in [3.05, 3.63) is 35.9 Å². The molecule has 6 nitrogen and oxygen atoms in total. The van der Waals surface area contributed by atoms with Crippen LogP contribution in [0, 0.1) is 5.92 Å². The zero-order chi connectivity index (χ0) is 18.7. The van der Waals surface area contributed by atoms with E-state index in [-0.39, 0.29) is 12.5 Å². The zero-order valence-corrected chi connectivity index (χ0v) is 15.7. The van der Waals surface area contributed by atoms with Crippen LogP contribution in [0.5, 0.6) is 0 Å². The van der Waals surface area contributed by atoms with Gasteiger partial charge in [-0.1, -0.05) is 44.2 Å². The van der Waals surface area contributed by atoms with Gasteiger partial charge in [-0.3, -0.25) is 4.79 Å². The summed E-state index contributed by atoms with van der Waals surface area (Å²) in [5.74, 6) is 0.0323. The first-order chi connectivity index (χ1) is 11.9. The molecule has 25 heavy (non-hydrogen) atoms. The van der Waals surface area contributed by atoms with Gasteiger partial charge in [0.2, 0.25) is 5.91 Å². The normalized spacial score (nSPS) is 12.0. The number of ether oxygens (including phenoxy) is 2. The molecule has 140 valence electrons. The molecule has 1 aromatic rings. The monoisotopic (exact) mass is 350 g/mol. The first-order valence-corrected chi connectivity index (χ1v) is 8.62. The van der Waals surface area contributed by atoms with Gasteiger partial charge in [-0.25, -0.2) is 4.79 Å². The minimum Gasteiger partial charge on any atom is -0.467 e. The molecule has 0 radical (unpaired) electrons. The molecule has 0 aliphatic heterocycles. The van der Waals surface area contributed by atoms with Gasteiger partial charge in [0.05, 0.1) is 20.3 Å². The molecule has 0 heterocycles. The first-order valence-electron chi connectivity index (χ1n) is 8.62. The lowest BCUT2D eigenvalue weighted by molar-refractivity contribution is -0.157. The number of hydrogen-bond donors (Lipinski definition) is 1. The van der Waals surface area contributed by atoms with Gasteiger partial charge in [-0.15, -0.1) is 0 Å². The van der Waals surface area contributed by atoms with Crippen molar-refractivity contribution in [3.63, 3.8) is 0 Å². The number of benzene rings is 1. The fourth-order valence-corrected chi connectivity index (χ4v) is 2.23. The molecule has 1 unspecified atom stereocenters. The molecule has 1 rings (SSSR count). The second kappa shape index (κ2) is 11.6. The van der Waals surface area contributed by atoms with Crippen LogP contribution >= 0.6 is 0 Å². The third-order valence-electron chi connectivity index (χ3n) is 3.69. The summed E-state index contributed by atoms with van der Waals surface area (Å²) < 4.78 is 10.5. The fraction of sp³-hybridized carbons (Fsp3) is 0.579. The fourth-order valence-electron chi connectivity index (χ4n) is 2.23. The van der Waals surface area contributed by atoms with E-state index in [0.717, 1.165) is 12.1 Å². The van der Waals surface area contributed by atoms with Crippen molar-refractivity contribution >= 4 is 11.9 Å². The summed E-state index contributed by atoms with van der Waals surface area (Å²) in [6.45, 7) is 6.19. The lowest BCUT2D eigenvalue weighted by Crippen LogP contribution is -2.41. The summed E-state index contributed by atoms with van der Waals surface area (Å²) in [6, 6.07) is 9.57. The van der Waals surface area contributed by atoms with Crippen molar-refractivity contribution in [2.24, 2.45) is 5.92 Å². The number of hydrogen-bond acceptors (Lipinski definition) is 5. The lowest BCUT2D eigenvalue weighted by Gasteiger charge is -2.23. The molecule has 0 saturated heterocycles. The summed E-state index contributed by atoms with van der Waals surface area (Å²) in [6.07, 6.45) is -0.418. The van der Waals surface area contributed by atoms with Gasteiger partial charge in [-0.2, -0.15) is 0 Å². The van der Waals surface area contributed by atoms with Crippen LogP contribution in [0.4, 0.5) is 0 Å². The Hall–Kier alpha value is -1.92. The van der Waals surface area contributed by atoms with Crippen LogP contribution in [0.3, 0.4) is 0 Å². The number of carbonyl (C=O) groups is 2. The van der Waals surface area contributed by atoms with Crippen LogP contribution in [0.25, 0.3) is 0 Å². The SMILES string of the molecule is COC(=O)C(CN(C)C(=O)CCNCC(C)C)OCc1ccccc1. The van der Waals surface area contributed by atoms with E-state index in [9.17, 15) is 9.59 Å². The highest BCUT2D eigenvalue weighted by molar-refractivity contribution is 5.79. The van der Waals surface area contributed by atoms with E-state index < -0.39 is 12.1 Å². The Morgan fingerprint density at radius 2 is 1.88 bits per heavy atom. The minimum absolute atomic E-state index is 0.0338. The maximum absolute atomic E-state index is 12.2. The highest BCUT2D eigenvalue weighted by Gasteiger charge is 2.24. The Morgan fingerprint density at radius 3 is 2.48 bits per heavy atom. The third kappa shape index (κ3) is 8.65. The molecule has 1 amide bonds. The minimum atomic E-state index is -0.803. The molecule has 0 spiro atoms. The molecular weight excluding hydrogens is 320 g/mol. The Morgan fingerprint density at radius 1 is 1.20 bits per heavy atom. The van der Waals surface area contributed by atoms with E-state index >= 15 is 0 Å². The van der Waals surface area contributed by atoms with E-state index in [2.05, 4.69) is 19.2 Å². The quantitative estimate of drug-likeness (QED) is 0.487. The van der Waals surface area contributed by atoms with Gasteiger partial charge in [0.15, 0.2) is 6.10 Å². The third-order valence-corrected chi connectivity index (χ3v) is 3.69. The van der Waals surface area contributed by atoms with Gasteiger partial charge in [0.1, 0.15) is 0 Å². The molecule has 0 saturated carbocycles. The van der Waals surface area contributed by atoms with Gasteiger partial charge in [0, 0.05) is 20.0 Å². The number of rotatable bonds is 11. The van der Waals surface area contributed by atoms with Crippen molar-refractivity contribution < 1.29 is 19.1 Å². The van der Waals surface area contributed by atoms with Crippen molar-refractivity contribution in [1.29, 1.82) is 0 Å². The van der Waals surface area contributed by atoms with Gasteiger partial charge < -0.3 is 19.7 Å². The molecule has 0 bridgehead atoms. The summed E-state index contributed by atoms with van der Waals surface area (Å²) >= 11 is 0. The molecule has 0 aliphatic carbocycles. The summed E-state index contributed by atoms with van der Waals surface area (Å²) in [7, 11) is 2.99. The number of likely N-dealkylation sites (N-methyl/N-ethyl adjacent to an activating group) is 1. The zero-order valence-electron chi connectivity index (χ0n) is 15.7. The Kier molecular flexibility index (Phi) is 9.80. The van der Waals surface area contributed by atoms with Crippen LogP contribution < -0.4 is 5.32 Å². The predicted octanol–water partition coefficient (Wildman–Crippen LogP) is 1.84. The molecule has 1 atom stereocenters. The second-order valence-corrected chi connectivity index (χ2v) is 6.43. The highest BCUT2D eigenvalue weighted by atomic mass is 16.6. The van der Waals surface area contributed by atoms with Gasteiger partial charge in [-0.05, 0) is 18.0 Å². The predicted molar refractivity (Wildman–Crippen MR) is 97.0 cm³/mol. The highest BCUT2D eigenvalue weighted by Crippen LogP contribution is 2.07. The smallest absolute Gasteiger partial charge is 0.336 e. The van der Waals surface area contributed by atoms with Gasteiger partial charge >= 0.3 is 5.97 Å². The molecule has 0 aliphatic rings. The van der Waals surface area contributed by atoms with E-state index in [1.54, 1.807) is 7.05 Å². The maximum Gasteiger partial charge on any atom is 0.336 e. The molecule has 1 N–H and O–H groups in total. The van der Waals surface area contributed by atoms with Gasteiger partial charge in [0.25, 0.3) is 0 Å². The Labute approximate surface area is 150 Å². The van der Waals surface area contributed by atoms with Crippen molar-refractivity contribution in [2.45, 2.75) is 33.0 Å². The largest absolute Gasteiger partial charge is 0.467 e. The number of nitrogens with one attached hydrogen (secondary N) is 1. The van der Waals surface area contributed by atoms with Crippen LogP contribution in [0.1, 0.15) is 25.8 Å². The summed E-state index contributed by atoms with van der Waals surface area (Å²) in [5, 5.41) is 3.23. The average molecular weight is 350 g/mol. The van der Waals surface area contributed by atoms with Crippen molar-refractivity contribution in [3.8, 4) is 0 Å². The standard InChI is InChI=1S/C19H30N2O4/c1-15(2)12-20-11-10-18(22)21(3)13-17(19(23)24-4)25-14-16-8-6-5-7-9-16/h5-9,15,17,20H,10-14H2,1-4H3. The summed E-state index contributed by atoms with van der Waals surface area (Å²) in [5.41, 5.74) is 0.961. The Bertz CT molecular complexity index is 519. The first kappa shape index (κ1) is 21.1. The van der Waals surface area contributed by atoms with Crippen LogP contribution in [-0.2, 0) is 25.7 Å². The lowest BCUT2D eigenvalue weighted by atomic mass is 10.2. The number of amides is 1. The van der Waals surface area contributed by atoms with Crippen molar-refractivity contribution in [1.82, 2.24) is 10.2 Å². The molecule has 6 heteroatoms. The number of carbonyl (C=O) groups excluding carboxylic acids is 2. The molecule has 1 aromatic carbocycles. The van der Waals surface area contributed by atoms with Crippen LogP contribution in [0.2, 0.25) is 0 Å². The van der Waals surface area contributed by atoms with Crippen LogP contribution in [-0.4, -0.2) is 56.7 Å². The average Bonchev–Trinajstić information content (AvgIpc) is 2.61. The number of methoxy groups -OCH3 is 1.